The van der Waals surface area contributed by atoms with Crippen LogP contribution in [-0.4, -0.2) is 15.0 Å². The zero-order valence-corrected chi connectivity index (χ0v) is 30.3. The van der Waals surface area contributed by atoms with Gasteiger partial charge in [0.2, 0.25) is 0 Å². The van der Waals surface area contributed by atoms with Gasteiger partial charge in [-0.1, -0.05) is 135 Å². The highest BCUT2D eigenvalue weighted by molar-refractivity contribution is 7.25. The summed E-state index contributed by atoms with van der Waals surface area (Å²) >= 11 is 1.79. The molecule has 0 unspecified atom stereocenters. The number of rotatable bonds is 4. The van der Waals surface area contributed by atoms with Crippen molar-refractivity contribution in [2.45, 2.75) is 19.3 Å². The first-order valence-electron chi connectivity index (χ1n) is 18.1. The molecule has 0 bridgehead atoms. The number of nitrogens with zero attached hydrogens (tertiary/aromatic N) is 3. The number of hydrogen-bond donors (Lipinski definition) is 0. The van der Waals surface area contributed by atoms with E-state index in [0.29, 0.717) is 29.0 Å². The van der Waals surface area contributed by atoms with Gasteiger partial charge in [0.1, 0.15) is 0 Å². The van der Waals surface area contributed by atoms with E-state index in [0.717, 1.165) is 39.3 Å². The second-order valence-electron chi connectivity index (χ2n) is 14.4. The molecular formula is C48H31N3O2S. The van der Waals surface area contributed by atoms with Crippen molar-refractivity contribution in [3.63, 3.8) is 0 Å². The van der Waals surface area contributed by atoms with E-state index in [1.54, 1.807) is 11.3 Å². The maximum Gasteiger partial charge on any atom is 0.177 e. The quantitative estimate of drug-likeness (QED) is 0.182. The van der Waals surface area contributed by atoms with E-state index in [-0.39, 0.29) is 5.41 Å². The predicted octanol–water partition coefficient (Wildman–Crippen LogP) is 13.1. The van der Waals surface area contributed by atoms with Gasteiger partial charge in [0.15, 0.2) is 40.5 Å². The van der Waals surface area contributed by atoms with Crippen LogP contribution >= 0.6 is 11.3 Å². The molecule has 54 heavy (non-hydrogen) atoms. The normalized spacial score (nSPS) is 13.4. The fraction of sp³-hybridized carbons (Fsp3) is 0.0625. The maximum atomic E-state index is 6.71. The summed E-state index contributed by atoms with van der Waals surface area (Å²) in [5.74, 6) is 4.74. The van der Waals surface area contributed by atoms with Crippen molar-refractivity contribution in [2.75, 3.05) is 0 Å². The third-order valence-corrected chi connectivity index (χ3v) is 12.0. The highest BCUT2D eigenvalue weighted by Crippen LogP contribution is 2.56. The average molecular weight is 714 g/mol. The largest absolute Gasteiger partial charge is 0.449 e. The molecule has 1 aliphatic heterocycles. The van der Waals surface area contributed by atoms with Crippen molar-refractivity contribution in [1.29, 1.82) is 0 Å². The summed E-state index contributed by atoms with van der Waals surface area (Å²) in [7, 11) is 0. The minimum absolute atomic E-state index is 0.123. The predicted molar refractivity (Wildman–Crippen MR) is 219 cm³/mol. The minimum atomic E-state index is -0.123. The van der Waals surface area contributed by atoms with Crippen LogP contribution in [0.3, 0.4) is 0 Å². The first-order valence-corrected chi connectivity index (χ1v) is 18.9. The van der Waals surface area contributed by atoms with E-state index in [4.69, 9.17) is 24.4 Å². The van der Waals surface area contributed by atoms with Gasteiger partial charge in [0.05, 0.1) is 0 Å². The number of benzene rings is 7. The highest BCUT2D eigenvalue weighted by atomic mass is 32.1. The van der Waals surface area contributed by atoms with Crippen LogP contribution in [0.15, 0.2) is 152 Å². The number of hydrogen-bond acceptors (Lipinski definition) is 6. The molecule has 11 rings (SSSR count). The first-order chi connectivity index (χ1) is 26.5. The molecule has 256 valence electrons. The zero-order valence-electron chi connectivity index (χ0n) is 29.5. The number of aromatic nitrogens is 3. The fourth-order valence-corrected chi connectivity index (χ4v) is 9.18. The van der Waals surface area contributed by atoms with E-state index in [2.05, 4.69) is 123 Å². The topological polar surface area (TPSA) is 57.1 Å². The molecule has 0 spiro atoms. The second kappa shape index (κ2) is 11.7. The van der Waals surface area contributed by atoms with Crippen LogP contribution < -0.4 is 9.47 Å². The van der Waals surface area contributed by atoms with Crippen LogP contribution in [0.4, 0.5) is 0 Å². The smallest absolute Gasteiger partial charge is 0.177 e. The summed E-state index contributed by atoms with van der Waals surface area (Å²) in [5, 5.41) is 2.51. The van der Waals surface area contributed by atoms with E-state index in [1.165, 1.54) is 42.4 Å². The molecule has 2 aromatic heterocycles. The molecule has 9 aromatic rings. The standard InChI is InChI=1S/C48H31N3O2S/c1-48(2)37-16-8-6-13-33(37)36-26-40-41(27-38(36)48)52-39-17-10-15-32(44(39)53-40)28-19-21-30(22-20-28)46-49-45(29-11-4-3-5-12-29)50-47(51-46)31-23-24-35-34-14-7-9-18-42(34)54-43(35)25-31/h3-27H,1-2H3. The van der Waals surface area contributed by atoms with Gasteiger partial charge in [0, 0.05) is 47.8 Å². The molecule has 2 aliphatic rings. The zero-order chi connectivity index (χ0) is 36.0. The lowest BCUT2D eigenvalue weighted by Gasteiger charge is -2.26. The number of para-hydroxylation sites is 1. The van der Waals surface area contributed by atoms with Gasteiger partial charge in [-0.15, -0.1) is 11.3 Å². The van der Waals surface area contributed by atoms with Gasteiger partial charge in [-0.3, -0.25) is 0 Å². The Balaban J connectivity index is 0.964. The third kappa shape index (κ3) is 4.80. The van der Waals surface area contributed by atoms with Gasteiger partial charge in [0.25, 0.3) is 0 Å². The second-order valence-corrected chi connectivity index (χ2v) is 15.5. The Bertz CT molecular complexity index is 2970. The van der Waals surface area contributed by atoms with E-state index < -0.39 is 0 Å². The Hall–Kier alpha value is -6.63. The molecule has 0 radical (unpaired) electrons. The summed E-state index contributed by atoms with van der Waals surface area (Å²) in [6, 6.07) is 52.4. The van der Waals surface area contributed by atoms with Crippen molar-refractivity contribution in [2.24, 2.45) is 0 Å². The monoisotopic (exact) mass is 713 g/mol. The van der Waals surface area contributed by atoms with Crippen molar-refractivity contribution < 1.29 is 9.47 Å². The van der Waals surface area contributed by atoms with Crippen LogP contribution in [0, 0.1) is 0 Å². The molecule has 6 heteroatoms. The first kappa shape index (κ1) is 30.9. The van der Waals surface area contributed by atoms with Gasteiger partial charge in [-0.05, 0) is 58.1 Å². The number of ether oxygens (including phenoxy) is 2. The van der Waals surface area contributed by atoms with Gasteiger partial charge in [-0.2, -0.15) is 0 Å². The van der Waals surface area contributed by atoms with Crippen LogP contribution in [0.1, 0.15) is 25.0 Å². The maximum absolute atomic E-state index is 6.71. The lowest BCUT2D eigenvalue weighted by atomic mass is 9.82. The molecule has 0 saturated carbocycles. The van der Waals surface area contributed by atoms with Crippen LogP contribution in [0.5, 0.6) is 23.0 Å². The van der Waals surface area contributed by atoms with Crippen molar-refractivity contribution in [3.8, 4) is 79.4 Å². The van der Waals surface area contributed by atoms with Crippen LogP contribution in [0.25, 0.3) is 76.6 Å². The summed E-state index contributed by atoms with van der Waals surface area (Å²) in [6.45, 7) is 4.55. The summed E-state index contributed by atoms with van der Waals surface area (Å²) < 4.78 is 15.7. The Morgan fingerprint density at radius 3 is 1.89 bits per heavy atom. The lowest BCUT2D eigenvalue weighted by molar-refractivity contribution is 0.360. The number of fused-ring (bicyclic) bond motifs is 8. The van der Waals surface area contributed by atoms with Crippen molar-refractivity contribution >= 4 is 31.5 Å². The van der Waals surface area contributed by atoms with Crippen molar-refractivity contribution in [3.05, 3.63) is 163 Å². The third-order valence-electron chi connectivity index (χ3n) is 10.8. The molecule has 0 amide bonds. The van der Waals surface area contributed by atoms with Crippen molar-refractivity contribution in [1.82, 2.24) is 15.0 Å². The van der Waals surface area contributed by atoms with Crippen LogP contribution in [-0.2, 0) is 5.41 Å². The van der Waals surface area contributed by atoms with Gasteiger partial charge >= 0.3 is 0 Å². The summed E-state index contributed by atoms with van der Waals surface area (Å²) in [6.07, 6.45) is 0. The Morgan fingerprint density at radius 2 is 1.06 bits per heavy atom. The molecule has 3 heterocycles. The highest BCUT2D eigenvalue weighted by Gasteiger charge is 2.37. The van der Waals surface area contributed by atoms with E-state index in [9.17, 15) is 0 Å². The minimum Gasteiger partial charge on any atom is -0.449 e. The molecule has 0 N–H and O–H groups in total. The Kier molecular flexibility index (Phi) is 6.70. The van der Waals surface area contributed by atoms with E-state index in [1.807, 2.05) is 42.5 Å². The lowest BCUT2D eigenvalue weighted by Crippen LogP contribution is -2.15. The molecule has 5 nitrogen and oxygen atoms in total. The molecular weight excluding hydrogens is 683 g/mol. The number of thiophene rings is 1. The average Bonchev–Trinajstić information content (AvgIpc) is 3.70. The molecule has 0 atom stereocenters. The fourth-order valence-electron chi connectivity index (χ4n) is 8.04. The van der Waals surface area contributed by atoms with Crippen LogP contribution in [0.2, 0.25) is 0 Å². The van der Waals surface area contributed by atoms with E-state index >= 15 is 0 Å². The Labute approximate surface area is 316 Å². The summed E-state index contributed by atoms with van der Waals surface area (Å²) in [5.41, 5.74) is 9.62. The van der Waals surface area contributed by atoms with Gasteiger partial charge in [-0.25, -0.2) is 15.0 Å². The summed E-state index contributed by atoms with van der Waals surface area (Å²) in [4.78, 5) is 15.0. The Morgan fingerprint density at radius 1 is 0.426 bits per heavy atom. The molecule has 7 aromatic carbocycles. The molecule has 0 saturated heterocycles. The van der Waals surface area contributed by atoms with Gasteiger partial charge < -0.3 is 9.47 Å². The SMILES string of the molecule is CC1(C)c2ccccc2-c2cc3c(cc21)Oc1cccc(-c2ccc(-c4nc(-c5ccccc5)nc(-c5ccc6c(c5)sc5ccccc56)n4)cc2)c1O3. The molecule has 1 aliphatic carbocycles. The molecule has 0 fully saturated rings.